The first-order valence-corrected chi connectivity index (χ1v) is 12.7. The minimum atomic E-state index is 0. The SMILES string of the molecule is CC(C)c1ccnc(-c2[c-]ccc3c2oc2c(C(C)C)cccc23)c1.[Ir].[c-]1ccccc1-c1ccccn1. The molecule has 3 aromatic carbocycles. The number of pyridine rings is 2. The summed E-state index contributed by atoms with van der Waals surface area (Å²) in [7, 11) is 0. The van der Waals surface area contributed by atoms with Crippen LogP contribution in [0, 0.1) is 12.1 Å². The van der Waals surface area contributed by atoms with E-state index >= 15 is 0 Å². The van der Waals surface area contributed by atoms with E-state index in [2.05, 4.69) is 86.2 Å². The fourth-order valence-corrected chi connectivity index (χ4v) is 4.45. The summed E-state index contributed by atoms with van der Waals surface area (Å²) in [4.78, 5) is 8.80. The number of benzene rings is 3. The quantitative estimate of drug-likeness (QED) is 0.175. The Morgan fingerprint density at radius 3 is 2.16 bits per heavy atom. The molecule has 0 aliphatic heterocycles. The van der Waals surface area contributed by atoms with E-state index in [1.165, 1.54) is 11.1 Å². The zero-order valence-electron chi connectivity index (χ0n) is 22.0. The molecule has 0 aliphatic rings. The van der Waals surface area contributed by atoms with Crippen molar-refractivity contribution in [2.75, 3.05) is 0 Å². The Bertz CT molecular complexity index is 1590. The van der Waals surface area contributed by atoms with E-state index in [1.54, 1.807) is 6.20 Å². The summed E-state index contributed by atoms with van der Waals surface area (Å²) in [5.74, 6) is 0.878. The largest absolute Gasteiger partial charge is 0.500 e. The summed E-state index contributed by atoms with van der Waals surface area (Å²) >= 11 is 0. The number of nitrogens with zero attached hydrogens (tertiary/aromatic N) is 2. The number of fused-ring (bicyclic) bond motifs is 3. The Morgan fingerprint density at radius 1 is 0.658 bits per heavy atom. The number of para-hydroxylation sites is 1. The van der Waals surface area contributed by atoms with Crippen LogP contribution in [-0.4, -0.2) is 9.97 Å². The molecule has 3 nitrogen and oxygen atoms in total. The van der Waals surface area contributed by atoms with Gasteiger partial charge in [-0.05, 0) is 40.9 Å². The van der Waals surface area contributed by atoms with Gasteiger partial charge in [0, 0.05) is 37.9 Å². The first kappa shape index (κ1) is 27.4. The van der Waals surface area contributed by atoms with Crippen LogP contribution >= 0.6 is 0 Å². The smallest absolute Gasteiger partial charge is 0.124 e. The zero-order valence-corrected chi connectivity index (χ0v) is 24.4. The van der Waals surface area contributed by atoms with Crippen molar-refractivity contribution >= 4 is 21.9 Å². The number of rotatable bonds is 4. The molecule has 0 spiro atoms. The average molecular weight is 675 g/mol. The van der Waals surface area contributed by atoms with Crippen molar-refractivity contribution < 1.29 is 24.5 Å². The Kier molecular flexibility index (Phi) is 8.88. The monoisotopic (exact) mass is 675 g/mol. The maximum absolute atomic E-state index is 6.36. The van der Waals surface area contributed by atoms with Crippen molar-refractivity contribution in [2.45, 2.75) is 39.5 Å². The molecular weight excluding hydrogens is 645 g/mol. The first-order valence-electron chi connectivity index (χ1n) is 12.7. The minimum Gasteiger partial charge on any atom is -0.500 e. The second-order valence-electron chi connectivity index (χ2n) is 9.70. The van der Waals surface area contributed by atoms with Crippen LogP contribution in [0.25, 0.3) is 44.5 Å². The third-order valence-electron chi connectivity index (χ3n) is 6.47. The normalized spacial score (nSPS) is 10.9. The standard InChI is InChI=1S/C23H22NO.C11H8N.Ir/c1-14(2)16-11-12-24-21(13-16)20-10-6-9-19-18-8-5-7-17(15(3)4)22(18)25-23(19)20;1-2-6-10(7-3-1)11-8-4-5-9-12-11;/h5-9,11-15H,1-4H3;1-6,8-9H;/q2*-1;. The topological polar surface area (TPSA) is 38.9 Å². The summed E-state index contributed by atoms with van der Waals surface area (Å²) in [6, 6.07) is 34.8. The van der Waals surface area contributed by atoms with E-state index < -0.39 is 0 Å². The molecule has 0 atom stereocenters. The van der Waals surface area contributed by atoms with Crippen LogP contribution in [0.5, 0.6) is 0 Å². The van der Waals surface area contributed by atoms with E-state index in [4.69, 9.17) is 4.42 Å². The molecule has 6 aromatic rings. The Morgan fingerprint density at radius 2 is 1.45 bits per heavy atom. The molecular formula is C34H30IrN2O-2. The fourth-order valence-electron chi connectivity index (χ4n) is 4.45. The number of furan rings is 1. The summed E-state index contributed by atoms with van der Waals surface area (Å²) in [5.41, 5.74) is 8.23. The second kappa shape index (κ2) is 12.3. The molecule has 6 rings (SSSR count). The molecule has 0 aliphatic carbocycles. The van der Waals surface area contributed by atoms with Gasteiger partial charge in [-0.25, -0.2) is 0 Å². The maximum atomic E-state index is 6.36. The van der Waals surface area contributed by atoms with Gasteiger partial charge in [-0.3, -0.25) is 0 Å². The van der Waals surface area contributed by atoms with Crippen molar-refractivity contribution in [3.8, 4) is 22.5 Å². The van der Waals surface area contributed by atoms with Gasteiger partial charge in [-0.1, -0.05) is 80.6 Å². The molecule has 3 heterocycles. The van der Waals surface area contributed by atoms with Gasteiger partial charge in [0.25, 0.3) is 0 Å². The van der Waals surface area contributed by atoms with Crippen molar-refractivity contribution in [3.63, 3.8) is 0 Å². The van der Waals surface area contributed by atoms with Gasteiger partial charge in [-0.15, -0.1) is 54.1 Å². The van der Waals surface area contributed by atoms with E-state index in [9.17, 15) is 0 Å². The Hall–Kier alpha value is -3.59. The van der Waals surface area contributed by atoms with Crippen LogP contribution in [-0.2, 0) is 20.1 Å². The van der Waals surface area contributed by atoms with Crippen LogP contribution in [0.3, 0.4) is 0 Å². The van der Waals surface area contributed by atoms with Gasteiger partial charge in [0.05, 0.1) is 5.58 Å². The molecule has 4 heteroatoms. The second-order valence-corrected chi connectivity index (χ2v) is 9.70. The van der Waals surface area contributed by atoms with Crippen molar-refractivity contribution in [1.82, 2.24) is 9.97 Å². The first-order chi connectivity index (χ1) is 18.0. The predicted octanol–water partition coefficient (Wildman–Crippen LogP) is 9.24. The Labute approximate surface area is 238 Å². The van der Waals surface area contributed by atoms with Crippen LogP contribution in [0.1, 0.15) is 50.7 Å². The third kappa shape index (κ3) is 5.77. The van der Waals surface area contributed by atoms with Crippen molar-refractivity contribution in [1.29, 1.82) is 0 Å². The van der Waals surface area contributed by atoms with E-state index in [1.807, 2.05) is 54.7 Å². The maximum Gasteiger partial charge on any atom is 0.124 e. The van der Waals surface area contributed by atoms with Gasteiger partial charge >= 0.3 is 0 Å². The van der Waals surface area contributed by atoms with Gasteiger partial charge in [0.2, 0.25) is 0 Å². The third-order valence-corrected chi connectivity index (χ3v) is 6.47. The molecule has 193 valence electrons. The van der Waals surface area contributed by atoms with Crippen LogP contribution < -0.4 is 0 Å². The molecule has 0 unspecified atom stereocenters. The van der Waals surface area contributed by atoms with E-state index in [-0.39, 0.29) is 20.1 Å². The number of aromatic nitrogens is 2. The summed E-state index contributed by atoms with van der Waals surface area (Å²) in [6.07, 6.45) is 3.66. The molecule has 1 radical (unpaired) electrons. The molecule has 38 heavy (non-hydrogen) atoms. The molecule has 3 aromatic heterocycles. The predicted molar refractivity (Wildman–Crippen MR) is 152 cm³/mol. The summed E-state index contributed by atoms with van der Waals surface area (Å²) in [5, 5.41) is 2.29. The Balaban J connectivity index is 0.000000218. The van der Waals surface area contributed by atoms with Gasteiger partial charge < -0.3 is 14.4 Å². The minimum absolute atomic E-state index is 0. The van der Waals surface area contributed by atoms with Gasteiger partial charge in [0.1, 0.15) is 5.58 Å². The van der Waals surface area contributed by atoms with E-state index in [0.717, 1.165) is 44.5 Å². The fraction of sp³-hybridized carbons (Fsp3) is 0.176. The van der Waals surface area contributed by atoms with Crippen LogP contribution in [0.15, 0.2) is 102 Å². The molecule has 0 N–H and O–H groups in total. The molecule has 0 saturated heterocycles. The number of hydrogen-bond acceptors (Lipinski definition) is 3. The van der Waals surface area contributed by atoms with Gasteiger partial charge in [0.15, 0.2) is 0 Å². The number of hydrogen-bond donors (Lipinski definition) is 0. The van der Waals surface area contributed by atoms with Crippen LogP contribution in [0.4, 0.5) is 0 Å². The summed E-state index contributed by atoms with van der Waals surface area (Å²) in [6.45, 7) is 8.78. The van der Waals surface area contributed by atoms with Crippen molar-refractivity contribution in [2.24, 2.45) is 0 Å². The molecule has 0 amide bonds. The van der Waals surface area contributed by atoms with E-state index in [0.29, 0.717) is 11.8 Å². The summed E-state index contributed by atoms with van der Waals surface area (Å²) < 4.78 is 6.36. The molecule has 0 fully saturated rings. The van der Waals surface area contributed by atoms with Crippen molar-refractivity contribution in [3.05, 3.63) is 121 Å². The average Bonchev–Trinajstić information content (AvgIpc) is 3.33. The zero-order chi connectivity index (χ0) is 25.8. The van der Waals surface area contributed by atoms with Gasteiger partial charge in [-0.2, -0.15) is 0 Å². The molecule has 0 saturated carbocycles. The van der Waals surface area contributed by atoms with Crippen LogP contribution in [0.2, 0.25) is 0 Å². The molecule has 0 bridgehead atoms.